The summed E-state index contributed by atoms with van der Waals surface area (Å²) in [5.41, 5.74) is 1.87. The van der Waals surface area contributed by atoms with Gasteiger partial charge in [-0.1, -0.05) is 17.7 Å². The highest BCUT2D eigenvalue weighted by molar-refractivity contribution is 9.10. The number of nitrogens with one attached hydrogen (secondary N) is 1. The van der Waals surface area contributed by atoms with E-state index in [-0.39, 0.29) is 10.8 Å². The zero-order valence-electron chi connectivity index (χ0n) is 8.97. The second kappa shape index (κ2) is 5.02. The molecule has 0 radical (unpaired) electrons. The molecule has 2 nitrogen and oxygen atoms in total. The number of hydrogen-bond donors (Lipinski definition) is 1. The van der Waals surface area contributed by atoms with Gasteiger partial charge in [-0.05, 0) is 46.6 Å². The van der Waals surface area contributed by atoms with Crippen LogP contribution in [0.1, 0.15) is 5.56 Å². The van der Waals surface area contributed by atoms with Crippen molar-refractivity contribution in [1.29, 1.82) is 0 Å². The normalized spacial score (nSPS) is 10.4. The molecular weight excluding hydrogens is 307 g/mol. The molecule has 0 amide bonds. The number of aromatic nitrogens is 1. The molecular formula is C12H9BrClFN2. The molecule has 1 aromatic heterocycles. The minimum Gasteiger partial charge on any atom is -0.337 e. The lowest BCUT2D eigenvalue weighted by Gasteiger charge is -2.09. The molecule has 0 atom stereocenters. The maximum Gasteiger partial charge on any atom is 0.167 e. The van der Waals surface area contributed by atoms with Crippen LogP contribution in [0.25, 0.3) is 0 Å². The van der Waals surface area contributed by atoms with Crippen molar-refractivity contribution in [1.82, 2.24) is 4.98 Å². The van der Waals surface area contributed by atoms with E-state index in [0.29, 0.717) is 0 Å². The number of halogens is 3. The van der Waals surface area contributed by atoms with Crippen LogP contribution in [0.15, 0.2) is 34.9 Å². The molecule has 2 aromatic rings. The maximum atomic E-state index is 13.5. The van der Waals surface area contributed by atoms with Gasteiger partial charge in [-0.15, -0.1) is 0 Å². The summed E-state index contributed by atoms with van der Waals surface area (Å²) in [6.07, 6.45) is 1.40. The summed E-state index contributed by atoms with van der Waals surface area (Å²) in [5, 5.41) is 3.18. The van der Waals surface area contributed by atoms with Gasteiger partial charge < -0.3 is 5.32 Å². The third-order valence-corrected chi connectivity index (χ3v) is 3.05. The smallest absolute Gasteiger partial charge is 0.167 e. The lowest BCUT2D eigenvalue weighted by molar-refractivity contribution is 0.626. The Hall–Kier alpha value is -1.13. The number of benzene rings is 1. The molecule has 2 rings (SSSR count). The van der Waals surface area contributed by atoms with Gasteiger partial charge in [-0.3, -0.25) is 0 Å². The molecule has 17 heavy (non-hydrogen) atoms. The van der Waals surface area contributed by atoms with Crippen molar-refractivity contribution in [3.63, 3.8) is 0 Å². The topological polar surface area (TPSA) is 24.9 Å². The Labute approximate surface area is 112 Å². The Morgan fingerprint density at radius 2 is 2.12 bits per heavy atom. The van der Waals surface area contributed by atoms with E-state index >= 15 is 0 Å². The van der Waals surface area contributed by atoms with Crippen LogP contribution in [-0.2, 0) is 0 Å². The first-order valence-corrected chi connectivity index (χ1v) is 6.07. The summed E-state index contributed by atoms with van der Waals surface area (Å²) in [4.78, 5) is 3.90. The van der Waals surface area contributed by atoms with E-state index in [1.165, 1.54) is 12.3 Å². The standard InChI is InChI=1S/C12H9BrClFN2/c1-7-2-3-11(9(13)4-7)17-12-10(15)5-8(14)6-16-12/h2-6H,1H3,(H,16,17). The predicted molar refractivity (Wildman–Crippen MR) is 71.4 cm³/mol. The Balaban J connectivity index is 2.31. The van der Waals surface area contributed by atoms with E-state index in [1.54, 1.807) is 0 Å². The number of nitrogens with zero attached hydrogens (tertiary/aromatic N) is 1. The average Bonchev–Trinajstić information content (AvgIpc) is 2.25. The summed E-state index contributed by atoms with van der Waals surface area (Å²) >= 11 is 9.04. The molecule has 0 aliphatic heterocycles. The minimum atomic E-state index is -0.482. The van der Waals surface area contributed by atoms with Crippen LogP contribution in [0.3, 0.4) is 0 Å². The Kier molecular flexibility index (Phi) is 3.64. The lowest BCUT2D eigenvalue weighted by atomic mass is 10.2. The first-order valence-electron chi connectivity index (χ1n) is 4.90. The van der Waals surface area contributed by atoms with Gasteiger partial charge in [-0.25, -0.2) is 9.37 Å². The number of rotatable bonds is 2. The van der Waals surface area contributed by atoms with Gasteiger partial charge in [0.2, 0.25) is 0 Å². The SMILES string of the molecule is Cc1ccc(Nc2ncc(Cl)cc2F)c(Br)c1. The second-order valence-electron chi connectivity index (χ2n) is 3.59. The molecule has 0 unspecified atom stereocenters. The van der Waals surface area contributed by atoms with Crippen LogP contribution in [0.2, 0.25) is 5.02 Å². The number of hydrogen-bond acceptors (Lipinski definition) is 2. The third kappa shape index (κ3) is 2.96. The number of pyridine rings is 1. The lowest BCUT2D eigenvalue weighted by Crippen LogP contribution is -1.97. The number of anilines is 2. The molecule has 88 valence electrons. The molecule has 0 aliphatic carbocycles. The van der Waals surface area contributed by atoms with Gasteiger partial charge >= 0.3 is 0 Å². The van der Waals surface area contributed by atoms with E-state index in [4.69, 9.17) is 11.6 Å². The second-order valence-corrected chi connectivity index (χ2v) is 4.88. The minimum absolute atomic E-state index is 0.152. The average molecular weight is 316 g/mol. The van der Waals surface area contributed by atoms with Gasteiger partial charge in [0.15, 0.2) is 11.6 Å². The van der Waals surface area contributed by atoms with Crippen molar-refractivity contribution in [3.8, 4) is 0 Å². The van der Waals surface area contributed by atoms with E-state index in [0.717, 1.165) is 15.7 Å². The van der Waals surface area contributed by atoms with E-state index in [1.807, 2.05) is 25.1 Å². The van der Waals surface area contributed by atoms with Crippen LogP contribution in [-0.4, -0.2) is 4.98 Å². The molecule has 0 saturated carbocycles. The highest BCUT2D eigenvalue weighted by Gasteiger charge is 2.07. The molecule has 0 bridgehead atoms. The summed E-state index contributed by atoms with van der Waals surface area (Å²) in [7, 11) is 0. The van der Waals surface area contributed by atoms with E-state index in [2.05, 4.69) is 26.2 Å². The molecule has 0 spiro atoms. The zero-order valence-corrected chi connectivity index (χ0v) is 11.3. The number of aryl methyl sites for hydroxylation is 1. The van der Waals surface area contributed by atoms with Gasteiger partial charge in [-0.2, -0.15) is 0 Å². The van der Waals surface area contributed by atoms with Gasteiger partial charge in [0.25, 0.3) is 0 Å². The first kappa shape index (κ1) is 12.3. The van der Waals surface area contributed by atoms with Crippen molar-refractivity contribution in [2.24, 2.45) is 0 Å². The first-order chi connectivity index (χ1) is 8.06. The molecule has 0 saturated heterocycles. The van der Waals surface area contributed by atoms with Crippen LogP contribution < -0.4 is 5.32 Å². The third-order valence-electron chi connectivity index (χ3n) is 2.19. The van der Waals surface area contributed by atoms with Crippen molar-refractivity contribution in [3.05, 3.63) is 51.3 Å². The summed E-state index contributed by atoms with van der Waals surface area (Å²) in [6, 6.07) is 6.95. The van der Waals surface area contributed by atoms with Crippen molar-refractivity contribution < 1.29 is 4.39 Å². The molecule has 1 N–H and O–H groups in total. The van der Waals surface area contributed by atoms with Gasteiger partial charge in [0.1, 0.15) is 0 Å². The Morgan fingerprint density at radius 1 is 1.35 bits per heavy atom. The van der Waals surface area contributed by atoms with Crippen molar-refractivity contribution in [2.45, 2.75) is 6.92 Å². The fourth-order valence-corrected chi connectivity index (χ4v) is 2.09. The maximum absolute atomic E-state index is 13.5. The molecule has 1 heterocycles. The summed E-state index contributed by atoms with van der Waals surface area (Å²) in [6.45, 7) is 1.98. The fourth-order valence-electron chi connectivity index (χ4n) is 1.36. The fraction of sp³-hybridized carbons (Fsp3) is 0.0833. The van der Waals surface area contributed by atoms with Crippen molar-refractivity contribution in [2.75, 3.05) is 5.32 Å². The quantitative estimate of drug-likeness (QED) is 0.869. The van der Waals surface area contributed by atoms with E-state index in [9.17, 15) is 4.39 Å². The molecule has 0 fully saturated rings. The zero-order chi connectivity index (χ0) is 12.4. The highest BCUT2D eigenvalue weighted by Crippen LogP contribution is 2.27. The Bertz CT molecular complexity index is 511. The summed E-state index contributed by atoms with van der Waals surface area (Å²) in [5.74, 6) is -0.330. The van der Waals surface area contributed by atoms with Gasteiger partial charge in [0.05, 0.1) is 10.7 Å². The highest BCUT2D eigenvalue weighted by atomic mass is 79.9. The van der Waals surface area contributed by atoms with Crippen LogP contribution in [0.5, 0.6) is 0 Å². The summed E-state index contributed by atoms with van der Waals surface area (Å²) < 4.78 is 14.4. The monoisotopic (exact) mass is 314 g/mol. The van der Waals surface area contributed by atoms with Gasteiger partial charge in [0, 0.05) is 10.7 Å². The van der Waals surface area contributed by atoms with Crippen LogP contribution >= 0.6 is 27.5 Å². The Morgan fingerprint density at radius 3 is 2.76 bits per heavy atom. The molecule has 0 aliphatic rings. The van der Waals surface area contributed by atoms with Crippen LogP contribution in [0, 0.1) is 12.7 Å². The van der Waals surface area contributed by atoms with Crippen molar-refractivity contribution >= 4 is 39.0 Å². The van der Waals surface area contributed by atoms with Crippen LogP contribution in [0.4, 0.5) is 15.9 Å². The van der Waals surface area contributed by atoms with E-state index < -0.39 is 5.82 Å². The molecule has 1 aromatic carbocycles. The molecule has 5 heteroatoms. The predicted octanol–water partition coefficient (Wildman–Crippen LogP) is 4.69. The largest absolute Gasteiger partial charge is 0.337 e.